The van der Waals surface area contributed by atoms with Gasteiger partial charge in [0.2, 0.25) is 0 Å². The number of benzene rings is 4. The van der Waals surface area contributed by atoms with Gasteiger partial charge in [0.1, 0.15) is 12.2 Å². The molecular formula is C22H24O5. The van der Waals surface area contributed by atoms with E-state index in [9.17, 15) is 0 Å². The second-order valence-corrected chi connectivity index (χ2v) is 8.04. The topological polar surface area (TPSA) is 59.4 Å². The summed E-state index contributed by atoms with van der Waals surface area (Å²) in [4.78, 5) is 0. The van der Waals surface area contributed by atoms with Gasteiger partial charge in [-0.05, 0) is 21.5 Å². The molecule has 4 heterocycles. The van der Waals surface area contributed by atoms with Gasteiger partial charge < -0.3 is 23.7 Å². The van der Waals surface area contributed by atoms with Crippen LogP contribution in [-0.2, 0) is 23.7 Å². The van der Waals surface area contributed by atoms with Gasteiger partial charge in [-0.3, -0.25) is 0 Å². The van der Waals surface area contributed by atoms with Crippen LogP contribution in [0.4, 0.5) is 0 Å². The molecule has 4 aliphatic rings. The minimum atomic E-state index is 0.176. The quantitative estimate of drug-likeness (QED) is 0.572. The zero-order chi connectivity index (χ0) is 17.8. The average Bonchev–Trinajstić information content (AvgIpc) is 3.58. The van der Waals surface area contributed by atoms with E-state index in [0.717, 1.165) is 39.3 Å². The Kier molecular flexibility index (Phi) is 3.98. The van der Waals surface area contributed by atoms with Crippen molar-refractivity contribution < 1.29 is 23.7 Å². The number of fused-ring (bicyclic) bond motifs is 2. The summed E-state index contributed by atoms with van der Waals surface area (Å²) >= 11 is 0. The van der Waals surface area contributed by atoms with Gasteiger partial charge in [0.15, 0.2) is 0 Å². The number of hydrogen-bond acceptors (Lipinski definition) is 5. The summed E-state index contributed by atoms with van der Waals surface area (Å²) < 4.78 is 27.5. The van der Waals surface area contributed by atoms with Crippen molar-refractivity contribution in [3.8, 4) is 0 Å². The first kappa shape index (κ1) is 16.5. The van der Waals surface area contributed by atoms with Gasteiger partial charge in [-0.1, -0.05) is 36.4 Å². The highest BCUT2D eigenvalue weighted by atomic mass is 16.6. The van der Waals surface area contributed by atoms with Crippen molar-refractivity contribution in [2.75, 3.05) is 26.4 Å². The van der Waals surface area contributed by atoms with E-state index < -0.39 is 0 Å². The predicted octanol–water partition coefficient (Wildman–Crippen LogP) is 2.98. The largest absolute Gasteiger partial charge is 0.373 e. The Labute approximate surface area is 158 Å². The second-order valence-electron chi connectivity index (χ2n) is 8.04. The molecule has 8 rings (SSSR count). The molecule has 4 fully saturated rings. The lowest BCUT2D eigenvalue weighted by Gasteiger charge is -2.22. The van der Waals surface area contributed by atoms with Gasteiger partial charge in [0, 0.05) is 12.8 Å². The molecule has 0 spiro atoms. The molecular weight excluding hydrogens is 344 g/mol. The van der Waals surface area contributed by atoms with Crippen molar-refractivity contribution >= 4 is 21.5 Å². The van der Waals surface area contributed by atoms with Crippen LogP contribution >= 0.6 is 0 Å². The van der Waals surface area contributed by atoms with Crippen molar-refractivity contribution in [2.45, 2.75) is 49.5 Å². The van der Waals surface area contributed by atoms with Crippen LogP contribution in [0, 0.1) is 0 Å². The molecule has 142 valence electrons. The molecule has 0 aliphatic carbocycles. The Morgan fingerprint density at radius 2 is 1.04 bits per heavy atom. The molecule has 5 heteroatoms. The highest BCUT2D eigenvalue weighted by Gasteiger charge is 2.44. The minimum absolute atomic E-state index is 0.176. The van der Waals surface area contributed by atoms with Crippen molar-refractivity contribution in [2.24, 2.45) is 0 Å². The highest BCUT2D eigenvalue weighted by molar-refractivity contribution is 6.26. The molecule has 4 aliphatic heterocycles. The van der Waals surface area contributed by atoms with Crippen molar-refractivity contribution in [1.29, 1.82) is 0 Å². The standard InChI is InChI=1S/C12H18O5.C10H6/c1(7-3-13-7)9(11-5-15-11)17-10(12-6-16-12)2-8-4-14-8;1-3-7-9-5-2-6-10(7)8(9)4-1/h7-12H,1-6H2;1-6H. The summed E-state index contributed by atoms with van der Waals surface area (Å²) in [5.74, 6) is 0. The molecule has 0 amide bonds. The monoisotopic (exact) mass is 368 g/mol. The molecule has 4 bridgehead atoms. The fourth-order valence-electron chi connectivity index (χ4n) is 4.00. The summed E-state index contributed by atoms with van der Waals surface area (Å²) in [6.07, 6.45) is 3.61. The molecule has 4 aromatic rings. The highest BCUT2D eigenvalue weighted by Crippen LogP contribution is 2.36. The Morgan fingerprint density at radius 1 is 0.667 bits per heavy atom. The van der Waals surface area contributed by atoms with E-state index in [1.807, 2.05) is 0 Å². The van der Waals surface area contributed by atoms with E-state index >= 15 is 0 Å². The van der Waals surface area contributed by atoms with Gasteiger partial charge in [-0.15, -0.1) is 0 Å². The molecule has 0 N–H and O–H groups in total. The summed E-state index contributed by atoms with van der Waals surface area (Å²) in [6.45, 7) is 3.41. The zero-order valence-corrected chi connectivity index (χ0v) is 15.2. The predicted molar refractivity (Wildman–Crippen MR) is 101 cm³/mol. The van der Waals surface area contributed by atoms with E-state index in [0.29, 0.717) is 12.2 Å². The van der Waals surface area contributed by atoms with Crippen LogP contribution in [0.2, 0.25) is 0 Å². The molecule has 6 unspecified atom stereocenters. The number of epoxide rings is 4. The molecule has 27 heavy (non-hydrogen) atoms. The molecule has 4 saturated heterocycles. The lowest BCUT2D eigenvalue weighted by atomic mass is 9.92. The van der Waals surface area contributed by atoms with Gasteiger partial charge in [0.05, 0.1) is 50.8 Å². The number of rotatable bonds is 8. The first-order valence-electron chi connectivity index (χ1n) is 9.99. The van der Waals surface area contributed by atoms with E-state index in [1.165, 1.54) is 21.5 Å². The summed E-state index contributed by atoms with van der Waals surface area (Å²) in [6, 6.07) is 12.9. The first-order valence-corrected chi connectivity index (χ1v) is 9.99. The normalized spacial score (nSPS) is 32.9. The van der Waals surface area contributed by atoms with Crippen LogP contribution in [-0.4, -0.2) is 63.1 Å². The van der Waals surface area contributed by atoms with E-state index in [2.05, 4.69) is 36.4 Å². The lowest BCUT2D eigenvalue weighted by molar-refractivity contribution is -0.0500. The Balaban J connectivity index is 0.000000124. The van der Waals surface area contributed by atoms with Crippen molar-refractivity contribution in [3.63, 3.8) is 0 Å². The Hall–Kier alpha value is -1.50. The fourth-order valence-corrected chi connectivity index (χ4v) is 4.00. The third-order valence-corrected chi connectivity index (χ3v) is 5.90. The van der Waals surface area contributed by atoms with Crippen molar-refractivity contribution in [3.05, 3.63) is 36.4 Å². The molecule has 0 saturated carbocycles. The summed E-state index contributed by atoms with van der Waals surface area (Å²) in [7, 11) is 0. The van der Waals surface area contributed by atoms with Crippen LogP contribution in [0.3, 0.4) is 0 Å². The third-order valence-electron chi connectivity index (χ3n) is 5.90. The minimum Gasteiger partial charge on any atom is -0.373 e. The van der Waals surface area contributed by atoms with Gasteiger partial charge in [-0.25, -0.2) is 0 Å². The average molecular weight is 368 g/mol. The van der Waals surface area contributed by atoms with E-state index in [-0.39, 0.29) is 24.4 Å². The zero-order valence-electron chi connectivity index (χ0n) is 15.2. The van der Waals surface area contributed by atoms with Crippen LogP contribution in [0.25, 0.3) is 21.5 Å². The second kappa shape index (κ2) is 6.54. The molecule has 0 radical (unpaired) electrons. The molecule has 0 aromatic heterocycles. The summed E-state index contributed by atoms with van der Waals surface area (Å²) in [5.41, 5.74) is 0. The SMILES string of the molecule is C1OC1CC(OC(CC1CO1)C1CO1)C1CO1.c1cc2c3cccc2c3c1. The molecule has 5 nitrogen and oxygen atoms in total. The first-order chi connectivity index (χ1) is 13.3. The summed E-state index contributed by atoms with van der Waals surface area (Å²) in [5, 5.41) is 5.72. The lowest BCUT2D eigenvalue weighted by Crippen LogP contribution is -2.32. The van der Waals surface area contributed by atoms with E-state index in [1.54, 1.807) is 0 Å². The van der Waals surface area contributed by atoms with Crippen LogP contribution in [0.5, 0.6) is 0 Å². The maximum atomic E-state index is 6.19. The van der Waals surface area contributed by atoms with E-state index in [4.69, 9.17) is 23.7 Å². The van der Waals surface area contributed by atoms with Crippen LogP contribution < -0.4 is 0 Å². The Bertz CT molecular complexity index is 749. The van der Waals surface area contributed by atoms with Gasteiger partial charge >= 0.3 is 0 Å². The maximum absolute atomic E-state index is 6.19. The Morgan fingerprint density at radius 3 is 1.33 bits per heavy atom. The molecule has 4 aromatic carbocycles. The number of hydrogen-bond donors (Lipinski definition) is 0. The van der Waals surface area contributed by atoms with Gasteiger partial charge in [-0.2, -0.15) is 0 Å². The molecule has 6 atom stereocenters. The van der Waals surface area contributed by atoms with Crippen LogP contribution in [0.15, 0.2) is 36.4 Å². The van der Waals surface area contributed by atoms with Gasteiger partial charge in [0.25, 0.3) is 0 Å². The van der Waals surface area contributed by atoms with Crippen molar-refractivity contribution in [1.82, 2.24) is 0 Å². The van der Waals surface area contributed by atoms with Crippen LogP contribution in [0.1, 0.15) is 12.8 Å². The maximum Gasteiger partial charge on any atom is 0.107 e. The smallest absolute Gasteiger partial charge is 0.107 e. The number of ether oxygens (including phenoxy) is 5. The third kappa shape index (κ3) is 3.62. The fraction of sp³-hybridized carbons (Fsp3) is 0.545.